The van der Waals surface area contributed by atoms with Gasteiger partial charge < -0.3 is 4.74 Å². The molecule has 0 N–H and O–H groups in total. The molecular weight excluding hydrogens is 332 g/mol. The Labute approximate surface area is 131 Å². The second-order valence-corrected chi connectivity index (χ2v) is 5.91. The Balaban J connectivity index is 2.00. The van der Waals surface area contributed by atoms with E-state index in [-0.39, 0.29) is 11.8 Å². The number of carbonyl (C=O) groups is 1. The van der Waals surface area contributed by atoms with Gasteiger partial charge in [0, 0.05) is 16.2 Å². The Hall–Kier alpha value is -1.75. The van der Waals surface area contributed by atoms with Crippen molar-refractivity contribution < 1.29 is 9.53 Å². The fraction of sp³-hybridized carbons (Fsp3) is 0.312. The molecule has 5 heteroatoms. The number of hydrogen-bond acceptors (Lipinski definition) is 3. The van der Waals surface area contributed by atoms with Crippen LogP contribution in [0.1, 0.15) is 41.6 Å². The predicted molar refractivity (Wildman–Crippen MR) is 86.1 cm³/mol. The highest BCUT2D eigenvalue weighted by molar-refractivity contribution is 9.10. The first kappa shape index (κ1) is 14.2. The highest BCUT2D eigenvalue weighted by Crippen LogP contribution is 2.33. The third kappa shape index (κ3) is 2.70. The summed E-state index contributed by atoms with van der Waals surface area (Å²) < 4.78 is 6.74. The number of fused-ring (bicyclic) bond motifs is 3. The summed E-state index contributed by atoms with van der Waals surface area (Å²) in [5.41, 5.74) is 2.22. The fourth-order valence-corrected chi connectivity index (χ4v) is 2.84. The fourth-order valence-electron chi connectivity index (χ4n) is 2.46. The predicted octanol–water partition coefficient (Wildman–Crippen LogP) is 3.87. The lowest BCUT2D eigenvalue weighted by molar-refractivity contribution is 0.0999. The van der Waals surface area contributed by atoms with E-state index in [2.05, 4.69) is 32.8 Å². The summed E-state index contributed by atoms with van der Waals surface area (Å²) in [6, 6.07) is 5.60. The van der Waals surface area contributed by atoms with Crippen molar-refractivity contribution in [3.8, 4) is 0 Å². The summed E-state index contributed by atoms with van der Waals surface area (Å²) in [7, 11) is 0. The molecule has 0 saturated heterocycles. The molecule has 3 rings (SSSR count). The number of aliphatic imine (C=N–C) groups is 2. The molecule has 0 spiro atoms. The quantitative estimate of drug-likeness (QED) is 0.780. The van der Waals surface area contributed by atoms with Crippen LogP contribution < -0.4 is 0 Å². The van der Waals surface area contributed by atoms with Crippen molar-refractivity contribution >= 4 is 33.4 Å². The van der Waals surface area contributed by atoms with Gasteiger partial charge in [-0.05, 0) is 36.3 Å². The molecular formula is C16H15BrN2O2. The number of allylic oxidation sites excluding steroid dienone is 1. The molecule has 1 aromatic rings. The van der Waals surface area contributed by atoms with E-state index in [9.17, 15) is 4.79 Å². The number of benzene rings is 1. The SMILES string of the molecule is CCCCOC1=NC=CC2=NC(=O)c3ccc(Br)cc3C21. The minimum Gasteiger partial charge on any atom is -0.480 e. The summed E-state index contributed by atoms with van der Waals surface area (Å²) in [4.78, 5) is 20.6. The first-order valence-electron chi connectivity index (χ1n) is 7.00. The van der Waals surface area contributed by atoms with Crippen LogP contribution in [0.5, 0.6) is 0 Å². The summed E-state index contributed by atoms with van der Waals surface area (Å²) in [6.07, 6.45) is 5.47. The number of halogens is 1. The molecule has 2 aliphatic heterocycles. The van der Waals surface area contributed by atoms with E-state index in [0.717, 1.165) is 22.9 Å². The zero-order valence-electron chi connectivity index (χ0n) is 11.7. The van der Waals surface area contributed by atoms with Gasteiger partial charge >= 0.3 is 0 Å². The van der Waals surface area contributed by atoms with Gasteiger partial charge in [-0.1, -0.05) is 29.3 Å². The maximum Gasteiger partial charge on any atom is 0.277 e. The summed E-state index contributed by atoms with van der Waals surface area (Å²) >= 11 is 3.46. The summed E-state index contributed by atoms with van der Waals surface area (Å²) in [6.45, 7) is 2.74. The van der Waals surface area contributed by atoms with E-state index in [1.54, 1.807) is 18.3 Å². The van der Waals surface area contributed by atoms with Gasteiger partial charge in [-0.15, -0.1) is 0 Å². The average Bonchev–Trinajstić information content (AvgIpc) is 2.47. The number of amides is 1. The van der Waals surface area contributed by atoms with E-state index in [1.807, 2.05) is 12.1 Å². The average molecular weight is 347 g/mol. The highest BCUT2D eigenvalue weighted by atomic mass is 79.9. The zero-order chi connectivity index (χ0) is 14.8. The molecule has 1 amide bonds. The van der Waals surface area contributed by atoms with Crippen LogP contribution in [0.25, 0.3) is 0 Å². The van der Waals surface area contributed by atoms with E-state index in [1.165, 1.54) is 0 Å². The Bertz CT molecular complexity index is 677. The zero-order valence-corrected chi connectivity index (χ0v) is 13.3. The number of hydrogen-bond donors (Lipinski definition) is 0. The normalized spacial score (nSPS) is 19.5. The molecule has 1 unspecified atom stereocenters. The summed E-state index contributed by atoms with van der Waals surface area (Å²) in [5, 5.41) is 0. The largest absolute Gasteiger partial charge is 0.480 e. The van der Waals surface area contributed by atoms with Crippen molar-refractivity contribution in [1.82, 2.24) is 0 Å². The van der Waals surface area contributed by atoms with Gasteiger partial charge in [0.25, 0.3) is 5.91 Å². The van der Waals surface area contributed by atoms with Crippen LogP contribution in [0.2, 0.25) is 0 Å². The van der Waals surface area contributed by atoms with Crippen LogP contribution in [0, 0.1) is 0 Å². The molecule has 0 radical (unpaired) electrons. The topological polar surface area (TPSA) is 51.0 Å². The van der Waals surface area contributed by atoms with Crippen LogP contribution >= 0.6 is 15.9 Å². The molecule has 1 aromatic carbocycles. The van der Waals surface area contributed by atoms with Crippen molar-refractivity contribution in [3.05, 3.63) is 46.1 Å². The number of carbonyl (C=O) groups excluding carboxylic acids is 1. The van der Waals surface area contributed by atoms with Gasteiger partial charge in [0.15, 0.2) is 0 Å². The maximum absolute atomic E-state index is 12.1. The van der Waals surface area contributed by atoms with Crippen LogP contribution in [0.15, 0.2) is 44.9 Å². The lowest BCUT2D eigenvalue weighted by Crippen LogP contribution is -2.31. The number of unbranched alkanes of at least 4 members (excludes halogenated alkanes) is 1. The standard InChI is InChI=1S/C16H15BrN2O2/c1-2-3-8-21-16-14-12-9-10(17)4-5-11(12)15(20)19-13(14)6-7-18-16/h4-7,9,14H,2-3,8H2,1H3. The molecule has 4 nitrogen and oxygen atoms in total. The van der Waals surface area contributed by atoms with E-state index in [4.69, 9.17) is 4.74 Å². The second-order valence-electron chi connectivity index (χ2n) is 4.99. The molecule has 21 heavy (non-hydrogen) atoms. The molecule has 0 bridgehead atoms. The van der Waals surface area contributed by atoms with Crippen LogP contribution in [-0.2, 0) is 4.74 Å². The molecule has 0 aromatic heterocycles. The minimum absolute atomic E-state index is 0.183. The van der Waals surface area contributed by atoms with Crippen molar-refractivity contribution in [1.29, 1.82) is 0 Å². The molecule has 2 aliphatic rings. The lowest BCUT2D eigenvalue weighted by atomic mass is 9.86. The van der Waals surface area contributed by atoms with Crippen molar-refractivity contribution in [2.24, 2.45) is 9.98 Å². The van der Waals surface area contributed by atoms with Gasteiger partial charge in [-0.25, -0.2) is 9.98 Å². The van der Waals surface area contributed by atoms with E-state index >= 15 is 0 Å². The molecule has 0 aliphatic carbocycles. The van der Waals surface area contributed by atoms with Crippen molar-refractivity contribution in [2.75, 3.05) is 6.61 Å². The van der Waals surface area contributed by atoms with Gasteiger partial charge in [-0.3, -0.25) is 4.79 Å². The number of nitrogens with zero attached hydrogens (tertiary/aromatic N) is 2. The Kier molecular flexibility index (Phi) is 4.01. The molecule has 0 fully saturated rings. The minimum atomic E-state index is -0.205. The first-order chi connectivity index (χ1) is 10.2. The van der Waals surface area contributed by atoms with Crippen LogP contribution in [0.4, 0.5) is 0 Å². The molecule has 108 valence electrons. The third-order valence-corrected chi connectivity index (χ3v) is 4.02. The third-order valence-electron chi connectivity index (χ3n) is 3.52. The Morgan fingerprint density at radius 2 is 2.24 bits per heavy atom. The maximum atomic E-state index is 12.1. The molecule has 1 atom stereocenters. The Morgan fingerprint density at radius 1 is 1.38 bits per heavy atom. The van der Waals surface area contributed by atoms with Gasteiger partial charge in [-0.2, -0.15) is 0 Å². The van der Waals surface area contributed by atoms with E-state index < -0.39 is 0 Å². The Morgan fingerprint density at radius 3 is 3.05 bits per heavy atom. The van der Waals surface area contributed by atoms with Gasteiger partial charge in [0.2, 0.25) is 5.90 Å². The lowest BCUT2D eigenvalue weighted by Gasteiger charge is -2.26. The summed E-state index contributed by atoms with van der Waals surface area (Å²) in [5.74, 6) is 0.233. The highest BCUT2D eigenvalue weighted by Gasteiger charge is 2.34. The number of rotatable bonds is 3. The van der Waals surface area contributed by atoms with Gasteiger partial charge in [0.1, 0.15) is 5.92 Å². The van der Waals surface area contributed by atoms with Gasteiger partial charge in [0.05, 0.1) is 12.3 Å². The number of ether oxygens (including phenoxy) is 1. The van der Waals surface area contributed by atoms with Crippen molar-refractivity contribution in [2.45, 2.75) is 25.7 Å². The van der Waals surface area contributed by atoms with Crippen LogP contribution in [0.3, 0.4) is 0 Å². The second kappa shape index (κ2) is 5.93. The monoisotopic (exact) mass is 346 g/mol. The molecule has 0 saturated carbocycles. The molecule has 2 heterocycles. The van der Waals surface area contributed by atoms with Crippen molar-refractivity contribution in [3.63, 3.8) is 0 Å². The van der Waals surface area contributed by atoms with E-state index in [0.29, 0.717) is 23.8 Å². The smallest absolute Gasteiger partial charge is 0.277 e. The van der Waals surface area contributed by atoms with Crippen LogP contribution in [-0.4, -0.2) is 24.1 Å². The first-order valence-corrected chi connectivity index (χ1v) is 7.79.